The highest BCUT2D eigenvalue weighted by atomic mass is 14.1. The second-order valence-electron chi connectivity index (χ2n) is 17.1. The Hall–Kier alpha value is -6.50. The average Bonchev–Trinajstić information content (AvgIpc) is 3.36. The molecular weight excluding hydrogens is 805 g/mol. The molecule has 0 saturated carbocycles. The molecule has 0 radical (unpaired) electrons. The quantitative estimate of drug-likeness (QED) is 0.146. The van der Waals surface area contributed by atoms with Crippen LogP contribution in [0.4, 0.5) is 0 Å². The molecule has 0 nitrogen and oxygen atoms in total. The predicted molar refractivity (Wildman–Crippen MR) is 304 cm³/mol. The summed E-state index contributed by atoms with van der Waals surface area (Å²) in [7, 11) is 0. The summed E-state index contributed by atoms with van der Waals surface area (Å²) in [4.78, 5) is 0. The van der Waals surface area contributed by atoms with E-state index in [0.717, 1.165) is 6.42 Å². The van der Waals surface area contributed by atoms with Crippen molar-refractivity contribution in [1.82, 2.24) is 0 Å². The van der Waals surface area contributed by atoms with E-state index >= 15 is 0 Å². The summed E-state index contributed by atoms with van der Waals surface area (Å²) < 4.78 is 0. The van der Waals surface area contributed by atoms with E-state index in [-0.39, 0.29) is 0 Å². The SMILES string of the molecule is C=Cc1cc(C)ccc1CC.CC.CC1=Cc2ccccc2CC1.CCC.CCCc1ccc2ccccc2c1.Cc1ccc(/C=C/c2ccc(C)cc2)cc1.Cc1ccc2ccccc2c1. The lowest BCUT2D eigenvalue weighted by atomic mass is 9.93. The van der Waals surface area contributed by atoms with Crippen LogP contribution >= 0.6 is 0 Å². The van der Waals surface area contributed by atoms with E-state index in [0.29, 0.717) is 0 Å². The maximum absolute atomic E-state index is 3.78. The van der Waals surface area contributed by atoms with Gasteiger partial charge in [0.05, 0.1) is 0 Å². The fourth-order valence-electron chi connectivity index (χ4n) is 7.34. The Bertz CT molecular complexity index is 2640. The molecule has 0 unspecified atom stereocenters. The monoisotopic (exact) mass is 885 g/mol. The van der Waals surface area contributed by atoms with E-state index in [1.165, 1.54) is 120 Å². The van der Waals surface area contributed by atoms with Gasteiger partial charge in [0.15, 0.2) is 0 Å². The summed E-state index contributed by atoms with van der Waals surface area (Å²) in [6, 6.07) is 62.4. The lowest BCUT2D eigenvalue weighted by Crippen LogP contribution is -1.95. The van der Waals surface area contributed by atoms with Gasteiger partial charge in [-0.2, -0.15) is 0 Å². The van der Waals surface area contributed by atoms with E-state index in [2.05, 4.69) is 263 Å². The highest BCUT2D eigenvalue weighted by molar-refractivity contribution is 5.83. The molecule has 8 aromatic rings. The molecule has 0 heteroatoms. The Kier molecular flexibility index (Phi) is 25.7. The first-order valence-electron chi connectivity index (χ1n) is 24.8. The molecule has 0 aromatic heterocycles. The van der Waals surface area contributed by atoms with Gasteiger partial charge in [-0.1, -0.05) is 289 Å². The largest absolute Gasteiger partial charge is 0.0985 e. The lowest BCUT2D eigenvalue weighted by Gasteiger charge is -2.12. The third kappa shape index (κ3) is 20.3. The fourth-order valence-corrected chi connectivity index (χ4v) is 7.34. The molecule has 0 fully saturated rings. The molecule has 0 bridgehead atoms. The smallest absolute Gasteiger partial charge is 0.0181 e. The molecule has 348 valence electrons. The van der Waals surface area contributed by atoms with Crippen molar-refractivity contribution >= 4 is 45.8 Å². The van der Waals surface area contributed by atoms with Gasteiger partial charge < -0.3 is 0 Å². The minimum atomic E-state index is 1.08. The van der Waals surface area contributed by atoms with E-state index in [4.69, 9.17) is 0 Å². The van der Waals surface area contributed by atoms with Crippen LogP contribution in [0, 0.1) is 27.7 Å². The highest BCUT2D eigenvalue weighted by Gasteiger charge is 2.05. The molecule has 8 aromatic carbocycles. The molecule has 9 rings (SSSR count). The summed E-state index contributed by atoms with van der Waals surface area (Å²) in [5, 5.41) is 5.33. The van der Waals surface area contributed by atoms with Crippen LogP contribution in [-0.4, -0.2) is 0 Å². The van der Waals surface area contributed by atoms with Gasteiger partial charge in [-0.3, -0.25) is 0 Å². The van der Waals surface area contributed by atoms with Crippen LogP contribution in [0.15, 0.2) is 188 Å². The number of allylic oxidation sites excluding steroid dienone is 1. The van der Waals surface area contributed by atoms with Crippen LogP contribution < -0.4 is 0 Å². The van der Waals surface area contributed by atoms with Crippen molar-refractivity contribution in [3.05, 3.63) is 249 Å². The molecule has 0 atom stereocenters. The maximum Gasteiger partial charge on any atom is -0.0181 e. The Balaban J connectivity index is 0.000000218. The molecule has 0 saturated heterocycles. The van der Waals surface area contributed by atoms with Crippen LogP contribution in [0.5, 0.6) is 0 Å². The normalized spacial score (nSPS) is 10.8. The molecular formula is C67H80. The maximum atomic E-state index is 3.78. The summed E-state index contributed by atoms with van der Waals surface area (Å²) in [5.41, 5.74) is 16.2. The molecule has 0 N–H and O–H groups in total. The van der Waals surface area contributed by atoms with Crippen molar-refractivity contribution in [2.75, 3.05) is 0 Å². The number of fused-ring (bicyclic) bond motifs is 3. The first-order chi connectivity index (χ1) is 32.5. The zero-order valence-corrected chi connectivity index (χ0v) is 43.0. The second-order valence-corrected chi connectivity index (χ2v) is 17.1. The fraction of sp³-hybridized carbons (Fsp3) is 0.254. The molecule has 0 heterocycles. The zero-order valence-electron chi connectivity index (χ0n) is 43.0. The highest BCUT2D eigenvalue weighted by Crippen LogP contribution is 2.23. The minimum Gasteiger partial charge on any atom is -0.0985 e. The van der Waals surface area contributed by atoms with Crippen molar-refractivity contribution in [3.8, 4) is 0 Å². The van der Waals surface area contributed by atoms with Gasteiger partial charge >= 0.3 is 0 Å². The van der Waals surface area contributed by atoms with Gasteiger partial charge in [0, 0.05) is 0 Å². The molecule has 0 amide bonds. The summed E-state index contributed by atoms with van der Waals surface area (Å²) in [5.74, 6) is 0. The first-order valence-corrected chi connectivity index (χ1v) is 24.8. The molecule has 67 heavy (non-hydrogen) atoms. The Labute approximate surface area is 407 Å². The Morgan fingerprint density at radius 2 is 0.925 bits per heavy atom. The number of hydrogen-bond donors (Lipinski definition) is 0. The standard InChI is InChI=1S/C16H16.C13H14.C11H12.C11H10.C11H14.C3H8.C2H6/c1-13-3-7-15(8-4-13)11-12-16-9-5-14(2)6-10-16;1-2-5-11-8-9-12-6-3-4-7-13(12)10-11;2*1-9-6-7-10-4-2-3-5-11(10)8-9;1-4-10-7-6-9(3)8-11(10)5-2;1-3-2;1-2/h3-12H,1-2H3;3-4,6-10H,2,5H2,1H3;2-5,8H,6-7H2,1H3;2-8H,1H3;5-8H,2,4H2,1,3H3;3H2,1-2H3;1-2H3/b12-11+;;;;;;. The van der Waals surface area contributed by atoms with Crippen LogP contribution in [-0.2, 0) is 19.3 Å². The summed E-state index contributed by atoms with van der Waals surface area (Å²) in [6.07, 6.45) is 15.7. The lowest BCUT2D eigenvalue weighted by molar-refractivity contribution is 0.924. The summed E-state index contributed by atoms with van der Waals surface area (Å²) in [6.45, 7) is 27.0. The van der Waals surface area contributed by atoms with Crippen LogP contribution in [0.1, 0.15) is 129 Å². The van der Waals surface area contributed by atoms with Crippen molar-refractivity contribution in [3.63, 3.8) is 0 Å². The topological polar surface area (TPSA) is 0 Å². The number of benzene rings is 8. The van der Waals surface area contributed by atoms with E-state index in [1.54, 1.807) is 0 Å². The van der Waals surface area contributed by atoms with E-state index in [1.807, 2.05) is 19.9 Å². The van der Waals surface area contributed by atoms with Crippen LogP contribution in [0.25, 0.3) is 45.8 Å². The van der Waals surface area contributed by atoms with Gasteiger partial charge in [0.1, 0.15) is 0 Å². The van der Waals surface area contributed by atoms with Crippen LogP contribution in [0.3, 0.4) is 0 Å². The molecule has 1 aliphatic rings. The number of rotatable bonds is 6. The third-order valence-electron chi connectivity index (χ3n) is 11.0. The predicted octanol–water partition coefficient (Wildman–Crippen LogP) is 20.1. The van der Waals surface area contributed by atoms with Gasteiger partial charge in [0.25, 0.3) is 0 Å². The van der Waals surface area contributed by atoms with Gasteiger partial charge in [-0.25, -0.2) is 0 Å². The van der Waals surface area contributed by atoms with Crippen molar-refractivity contribution in [2.45, 2.75) is 115 Å². The summed E-state index contributed by atoms with van der Waals surface area (Å²) >= 11 is 0. The van der Waals surface area contributed by atoms with Crippen molar-refractivity contribution in [2.24, 2.45) is 0 Å². The average molecular weight is 885 g/mol. The zero-order chi connectivity index (χ0) is 48.8. The number of hydrogen-bond acceptors (Lipinski definition) is 0. The first kappa shape index (κ1) is 54.8. The molecule has 0 aliphatic heterocycles. The van der Waals surface area contributed by atoms with Crippen LogP contribution in [0.2, 0.25) is 0 Å². The Morgan fingerprint density at radius 1 is 0.463 bits per heavy atom. The van der Waals surface area contributed by atoms with Crippen molar-refractivity contribution in [1.29, 1.82) is 0 Å². The number of aryl methyl sites for hydroxylation is 7. The third-order valence-corrected chi connectivity index (χ3v) is 11.0. The van der Waals surface area contributed by atoms with E-state index < -0.39 is 0 Å². The minimum absolute atomic E-state index is 1.08. The molecule has 1 aliphatic carbocycles. The second kappa shape index (κ2) is 31.4. The van der Waals surface area contributed by atoms with E-state index in [9.17, 15) is 0 Å². The molecule has 0 spiro atoms. The van der Waals surface area contributed by atoms with Gasteiger partial charge in [0.2, 0.25) is 0 Å². The van der Waals surface area contributed by atoms with Gasteiger partial charge in [-0.15, -0.1) is 0 Å². The van der Waals surface area contributed by atoms with Crippen molar-refractivity contribution < 1.29 is 0 Å². The Morgan fingerprint density at radius 3 is 1.46 bits per heavy atom. The van der Waals surface area contributed by atoms with Gasteiger partial charge in [-0.05, 0) is 121 Å².